The molecule has 1 aromatic heterocycles. The molecule has 0 atom stereocenters. The third-order valence-corrected chi connectivity index (χ3v) is 1.67. The van der Waals surface area contributed by atoms with E-state index in [1.165, 1.54) is 0 Å². The van der Waals surface area contributed by atoms with Crippen molar-refractivity contribution in [1.82, 2.24) is 14.9 Å². The van der Waals surface area contributed by atoms with Crippen LogP contribution in [0.3, 0.4) is 0 Å². The summed E-state index contributed by atoms with van der Waals surface area (Å²) in [6, 6.07) is 0. The van der Waals surface area contributed by atoms with Crippen molar-refractivity contribution in [3.8, 4) is 0 Å². The lowest BCUT2D eigenvalue weighted by atomic mass is 10.3. The molecule has 1 amide bonds. The van der Waals surface area contributed by atoms with Crippen molar-refractivity contribution in [2.24, 2.45) is 5.10 Å². The first-order valence-corrected chi connectivity index (χ1v) is 3.96. The molecule has 0 aromatic carbocycles. The summed E-state index contributed by atoms with van der Waals surface area (Å²) in [5.74, 6) is -0.197. The maximum absolute atomic E-state index is 11.3. The maximum Gasteiger partial charge on any atom is 0.294 e. The Hall–Kier alpha value is -2.05. The van der Waals surface area contributed by atoms with E-state index in [9.17, 15) is 9.59 Å². The van der Waals surface area contributed by atoms with Crippen molar-refractivity contribution in [2.45, 2.75) is 13.3 Å². The molecule has 72 valence electrons. The molecule has 1 aliphatic heterocycles. The van der Waals surface area contributed by atoms with Crippen molar-refractivity contribution in [2.75, 3.05) is 5.32 Å². The summed E-state index contributed by atoms with van der Waals surface area (Å²) < 4.78 is 1.02. The monoisotopic (exact) mass is 193 g/mol. The Morgan fingerprint density at radius 1 is 1.50 bits per heavy atom. The lowest BCUT2D eigenvalue weighted by Gasteiger charge is -2.01. The molecule has 0 saturated heterocycles. The Balaban J connectivity index is 2.65. The second-order valence-corrected chi connectivity index (χ2v) is 2.88. The van der Waals surface area contributed by atoms with Gasteiger partial charge in [-0.25, -0.2) is 0 Å². The third-order valence-electron chi connectivity index (χ3n) is 1.67. The Bertz CT molecular complexity index is 475. The summed E-state index contributed by atoms with van der Waals surface area (Å²) in [6.45, 7) is 1.67. The Labute approximate surface area is 78.5 Å². The number of carbonyl (C=O) groups is 1. The van der Waals surface area contributed by atoms with Crippen LogP contribution in [0.2, 0.25) is 0 Å². The summed E-state index contributed by atoms with van der Waals surface area (Å²) in [4.78, 5) is 22.5. The molecule has 1 N–H and O–H groups in total. The average molecular weight is 193 g/mol. The fraction of sp³-hybridized carbons (Fsp3) is 0.286. The molecular formula is C7H7N5O2. The highest BCUT2D eigenvalue weighted by Crippen LogP contribution is 2.04. The molecule has 0 fully saturated rings. The van der Waals surface area contributed by atoms with Gasteiger partial charge in [-0.05, 0) is 6.92 Å². The van der Waals surface area contributed by atoms with Crippen LogP contribution in [0, 0.1) is 0 Å². The number of nitrogens with one attached hydrogen (secondary N) is 1. The Morgan fingerprint density at radius 3 is 3.07 bits per heavy atom. The van der Waals surface area contributed by atoms with E-state index in [0.29, 0.717) is 5.71 Å². The van der Waals surface area contributed by atoms with Crippen molar-refractivity contribution in [3.05, 3.63) is 16.6 Å². The number of anilines is 1. The molecular weight excluding hydrogens is 186 g/mol. The minimum atomic E-state index is -0.420. The fourth-order valence-corrected chi connectivity index (χ4v) is 1.12. The fourth-order valence-electron chi connectivity index (χ4n) is 1.12. The number of hydrogen-bond donors (Lipinski definition) is 1. The van der Waals surface area contributed by atoms with Gasteiger partial charge in [0.2, 0.25) is 5.91 Å². The van der Waals surface area contributed by atoms with Crippen molar-refractivity contribution in [1.29, 1.82) is 0 Å². The maximum atomic E-state index is 11.3. The first-order chi connectivity index (χ1) is 6.66. The highest BCUT2D eigenvalue weighted by Gasteiger charge is 2.14. The molecule has 0 radical (unpaired) electrons. The van der Waals surface area contributed by atoms with Crippen LogP contribution in [-0.4, -0.2) is 26.5 Å². The van der Waals surface area contributed by atoms with Crippen LogP contribution in [0.4, 0.5) is 5.95 Å². The molecule has 0 spiro atoms. The van der Waals surface area contributed by atoms with E-state index in [4.69, 9.17) is 0 Å². The molecule has 2 heterocycles. The quantitative estimate of drug-likeness (QED) is 0.584. The molecule has 0 saturated carbocycles. The molecule has 0 bridgehead atoms. The van der Waals surface area contributed by atoms with Crippen LogP contribution in [0.25, 0.3) is 0 Å². The molecule has 0 unspecified atom stereocenters. The van der Waals surface area contributed by atoms with E-state index < -0.39 is 5.56 Å². The van der Waals surface area contributed by atoms with E-state index in [-0.39, 0.29) is 18.3 Å². The van der Waals surface area contributed by atoms with Gasteiger partial charge in [0.05, 0.1) is 6.42 Å². The number of fused-ring (bicyclic) bond motifs is 1. The van der Waals surface area contributed by atoms with Crippen molar-refractivity contribution in [3.63, 3.8) is 0 Å². The molecule has 1 aromatic rings. The minimum absolute atomic E-state index is 0.0550. The second kappa shape index (κ2) is 3.02. The van der Waals surface area contributed by atoms with Gasteiger partial charge in [-0.15, -0.1) is 10.2 Å². The molecule has 7 nitrogen and oxygen atoms in total. The smallest absolute Gasteiger partial charge is 0.293 e. The second-order valence-electron chi connectivity index (χ2n) is 2.88. The summed E-state index contributed by atoms with van der Waals surface area (Å²) >= 11 is 0. The molecule has 7 heteroatoms. The van der Waals surface area contributed by atoms with Gasteiger partial charge in [-0.3, -0.25) is 14.9 Å². The number of aromatic nitrogens is 3. The van der Waals surface area contributed by atoms with Gasteiger partial charge >= 0.3 is 0 Å². The van der Waals surface area contributed by atoms with Crippen molar-refractivity contribution < 1.29 is 4.79 Å². The van der Waals surface area contributed by atoms with Crippen LogP contribution in [0.1, 0.15) is 13.3 Å². The Kier molecular flexibility index (Phi) is 1.84. The zero-order valence-corrected chi connectivity index (χ0v) is 7.39. The highest BCUT2D eigenvalue weighted by molar-refractivity contribution is 6.05. The van der Waals surface area contributed by atoms with E-state index in [0.717, 1.165) is 10.9 Å². The largest absolute Gasteiger partial charge is 0.294 e. The predicted molar refractivity (Wildman–Crippen MR) is 48.0 cm³/mol. The van der Waals surface area contributed by atoms with Gasteiger partial charge in [-0.1, -0.05) is 0 Å². The lowest BCUT2D eigenvalue weighted by Crippen LogP contribution is -2.22. The molecule has 1 aliphatic rings. The standard InChI is InChI=1S/C7H7N5O2/c1-4-2-5(13)9-7-10-8-3-6(14)12(7)11-4/h3H,2H2,1H3,(H,9,10,13). The summed E-state index contributed by atoms with van der Waals surface area (Å²) in [5.41, 5.74) is 0.132. The average Bonchev–Trinajstić information content (AvgIpc) is 2.23. The van der Waals surface area contributed by atoms with Gasteiger partial charge in [0, 0.05) is 5.71 Å². The topological polar surface area (TPSA) is 89.2 Å². The summed E-state index contributed by atoms with van der Waals surface area (Å²) in [6.07, 6.45) is 1.19. The lowest BCUT2D eigenvalue weighted by molar-refractivity contribution is -0.115. The van der Waals surface area contributed by atoms with E-state index in [2.05, 4.69) is 20.6 Å². The van der Waals surface area contributed by atoms with Crippen molar-refractivity contribution >= 4 is 17.6 Å². The SMILES string of the molecule is CC1=Nn2c(nncc2=O)NC(=O)C1. The van der Waals surface area contributed by atoms with Gasteiger partial charge in [0.15, 0.2) is 0 Å². The van der Waals surface area contributed by atoms with Crippen LogP contribution in [0.5, 0.6) is 0 Å². The zero-order valence-electron chi connectivity index (χ0n) is 7.39. The summed E-state index contributed by atoms with van der Waals surface area (Å²) in [7, 11) is 0. The van der Waals surface area contributed by atoms with Gasteiger partial charge in [-0.2, -0.15) is 9.78 Å². The Morgan fingerprint density at radius 2 is 2.29 bits per heavy atom. The molecule has 14 heavy (non-hydrogen) atoms. The number of nitrogens with zero attached hydrogens (tertiary/aromatic N) is 4. The van der Waals surface area contributed by atoms with E-state index >= 15 is 0 Å². The first kappa shape index (κ1) is 8.54. The highest BCUT2D eigenvalue weighted by atomic mass is 16.2. The third kappa shape index (κ3) is 1.39. The number of rotatable bonds is 0. The van der Waals surface area contributed by atoms with E-state index in [1.807, 2.05) is 0 Å². The van der Waals surface area contributed by atoms with Crippen LogP contribution >= 0.6 is 0 Å². The number of carbonyl (C=O) groups excluding carboxylic acids is 1. The predicted octanol–water partition coefficient (Wildman–Crippen LogP) is -0.796. The van der Waals surface area contributed by atoms with E-state index in [1.54, 1.807) is 6.92 Å². The molecule has 0 aliphatic carbocycles. The summed E-state index contributed by atoms with van der Waals surface area (Å²) in [5, 5.41) is 13.4. The van der Waals surface area contributed by atoms with Crippen LogP contribution < -0.4 is 10.9 Å². The van der Waals surface area contributed by atoms with Gasteiger partial charge in [0.1, 0.15) is 6.20 Å². The van der Waals surface area contributed by atoms with Crippen LogP contribution in [0.15, 0.2) is 16.1 Å². The first-order valence-electron chi connectivity index (χ1n) is 3.96. The van der Waals surface area contributed by atoms with Gasteiger partial charge in [0.25, 0.3) is 11.5 Å². The number of amides is 1. The normalized spacial score (nSPS) is 15.2. The van der Waals surface area contributed by atoms with Gasteiger partial charge < -0.3 is 0 Å². The number of hydrogen-bond acceptors (Lipinski definition) is 5. The molecule has 2 rings (SSSR count). The zero-order chi connectivity index (χ0) is 10.1. The minimum Gasteiger partial charge on any atom is -0.293 e. The van der Waals surface area contributed by atoms with Crippen LogP contribution in [-0.2, 0) is 4.79 Å².